The number of carbonyl (C=O) groups is 2. The van der Waals surface area contributed by atoms with Crippen LogP contribution in [0.15, 0.2) is 78.9 Å². The second kappa shape index (κ2) is 7.98. The molecule has 0 spiro atoms. The molecule has 3 aromatic rings. The van der Waals surface area contributed by atoms with Crippen LogP contribution in [0.5, 0.6) is 11.5 Å². The number of aromatic carboxylic acids is 2. The third-order valence-corrected chi connectivity index (χ3v) is 5.56. The van der Waals surface area contributed by atoms with Crippen molar-refractivity contribution in [2.24, 2.45) is 0 Å². The summed E-state index contributed by atoms with van der Waals surface area (Å²) in [5.74, 6) is -1.85. The molecule has 7 nitrogen and oxygen atoms in total. The molecule has 3 aromatic carbocycles. The lowest BCUT2D eigenvalue weighted by Gasteiger charge is -2.20. The van der Waals surface area contributed by atoms with E-state index in [9.17, 15) is 14.2 Å². The fourth-order valence-corrected chi connectivity index (χ4v) is 3.91. The molecule has 0 aliphatic carbocycles. The van der Waals surface area contributed by atoms with E-state index in [4.69, 9.17) is 19.3 Å². The minimum absolute atomic E-state index is 0.0621. The molecule has 2 N–H and O–H groups in total. The third kappa shape index (κ3) is 4.39. The highest BCUT2D eigenvalue weighted by molar-refractivity contribution is 7.63. The molecular weight excluding hydrogens is 383 g/mol. The maximum atomic E-state index is 13.5. The Morgan fingerprint density at radius 2 is 1.04 bits per heavy atom. The first kappa shape index (κ1) is 19.2. The Morgan fingerprint density at radius 3 is 1.39 bits per heavy atom. The van der Waals surface area contributed by atoms with Crippen molar-refractivity contribution in [3.8, 4) is 11.5 Å². The lowest BCUT2D eigenvalue weighted by Crippen LogP contribution is -2.14. The van der Waals surface area contributed by atoms with E-state index < -0.39 is 19.5 Å². The van der Waals surface area contributed by atoms with Crippen LogP contribution >= 0.6 is 7.60 Å². The molecule has 142 valence electrons. The van der Waals surface area contributed by atoms with Crippen molar-refractivity contribution in [1.29, 1.82) is 0 Å². The van der Waals surface area contributed by atoms with Gasteiger partial charge in [0.1, 0.15) is 11.5 Å². The van der Waals surface area contributed by atoms with Crippen molar-refractivity contribution in [3.63, 3.8) is 0 Å². The fraction of sp³-hybridized carbons (Fsp3) is 0. The van der Waals surface area contributed by atoms with Crippen molar-refractivity contribution in [2.45, 2.75) is 0 Å². The molecule has 0 aliphatic heterocycles. The zero-order chi connectivity index (χ0) is 20.1. The monoisotopic (exact) mass is 398 g/mol. The largest absolute Gasteiger partial charge is 0.478 e. The maximum Gasteiger partial charge on any atom is 0.462 e. The van der Waals surface area contributed by atoms with Gasteiger partial charge < -0.3 is 19.3 Å². The van der Waals surface area contributed by atoms with E-state index in [2.05, 4.69) is 0 Å². The summed E-state index contributed by atoms with van der Waals surface area (Å²) in [7, 11) is -3.89. The molecule has 0 aliphatic rings. The van der Waals surface area contributed by atoms with Gasteiger partial charge in [0.25, 0.3) is 0 Å². The summed E-state index contributed by atoms with van der Waals surface area (Å²) in [5, 5.41) is 18.3. The Bertz CT molecular complexity index is 965. The first-order chi connectivity index (χ1) is 13.4. The number of benzene rings is 3. The Hall–Kier alpha value is -3.57. The van der Waals surface area contributed by atoms with Crippen LogP contribution in [0.1, 0.15) is 20.7 Å². The molecule has 0 radical (unpaired) electrons. The van der Waals surface area contributed by atoms with Crippen molar-refractivity contribution in [1.82, 2.24) is 0 Å². The molecule has 0 aromatic heterocycles. The topological polar surface area (TPSA) is 110 Å². The fourth-order valence-electron chi connectivity index (χ4n) is 2.33. The zero-order valence-corrected chi connectivity index (χ0v) is 15.3. The zero-order valence-electron chi connectivity index (χ0n) is 14.4. The highest BCUT2D eigenvalue weighted by atomic mass is 31.2. The normalized spacial score (nSPS) is 10.9. The van der Waals surface area contributed by atoms with Gasteiger partial charge in [-0.05, 0) is 60.7 Å². The highest BCUT2D eigenvalue weighted by Crippen LogP contribution is 2.47. The van der Waals surface area contributed by atoms with Crippen LogP contribution in [0.25, 0.3) is 0 Å². The molecule has 0 saturated heterocycles. The minimum Gasteiger partial charge on any atom is -0.478 e. The van der Waals surface area contributed by atoms with E-state index in [1.54, 1.807) is 30.3 Å². The molecule has 0 saturated carbocycles. The summed E-state index contributed by atoms with van der Waals surface area (Å²) in [4.78, 5) is 21.9. The van der Waals surface area contributed by atoms with Gasteiger partial charge in [0.15, 0.2) is 0 Å². The summed E-state index contributed by atoms with van der Waals surface area (Å²) in [5.41, 5.74) is 0.124. The quantitative estimate of drug-likeness (QED) is 0.578. The van der Waals surface area contributed by atoms with Gasteiger partial charge in [-0.1, -0.05) is 18.2 Å². The minimum atomic E-state index is -3.89. The average Bonchev–Trinajstić information content (AvgIpc) is 2.69. The lowest BCUT2D eigenvalue weighted by atomic mass is 10.2. The predicted octanol–water partition coefficient (Wildman–Crippen LogP) is 4.06. The molecule has 0 fully saturated rings. The molecule has 8 heteroatoms. The predicted molar refractivity (Wildman–Crippen MR) is 102 cm³/mol. The summed E-state index contributed by atoms with van der Waals surface area (Å²) in [6, 6.07) is 19.1. The van der Waals surface area contributed by atoms with Crippen LogP contribution in [-0.2, 0) is 4.57 Å². The first-order valence-corrected chi connectivity index (χ1v) is 9.63. The average molecular weight is 398 g/mol. The second-order valence-corrected chi connectivity index (χ2v) is 7.55. The molecular formula is C20H15O7P. The SMILES string of the molecule is O=C(O)c1ccc(OP(=O)(Oc2ccc(C(=O)O)cc2)c2ccccc2)cc1. The van der Waals surface area contributed by atoms with Gasteiger partial charge in [-0.15, -0.1) is 0 Å². The van der Waals surface area contributed by atoms with Gasteiger partial charge >= 0.3 is 19.5 Å². The van der Waals surface area contributed by atoms with Crippen molar-refractivity contribution < 1.29 is 33.4 Å². The van der Waals surface area contributed by atoms with Crippen molar-refractivity contribution in [2.75, 3.05) is 0 Å². The molecule has 0 heterocycles. The van der Waals surface area contributed by atoms with E-state index in [1.165, 1.54) is 48.5 Å². The lowest BCUT2D eigenvalue weighted by molar-refractivity contribution is 0.0686. The van der Waals surface area contributed by atoms with Crippen LogP contribution in [0.2, 0.25) is 0 Å². The van der Waals surface area contributed by atoms with Crippen molar-refractivity contribution >= 4 is 24.8 Å². The summed E-state index contributed by atoms with van der Waals surface area (Å²) >= 11 is 0. The summed E-state index contributed by atoms with van der Waals surface area (Å²) in [6.07, 6.45) is 0. The number of carboxylic acid groups (broad SMARTS) is 2. The maximum absolute atomic E-state index is 13.5. The Kier molecular flexibility index (Phi) is 5.47. The third-order valence-electron chi connectivity index (χ3n) is 3.73. The molecule has 0 bridgehead atoms. The van der Waals surface area contributed by atoms with Gasteiger partial charge in [-0.3, -0.25) is 0 Å². The second-order valence-electron chi connectivity index (χ2n) is 5.67. The molecule has 28 heavy (non-hydrogen) atoms. The van der Waals surface area contributed by atoms with Gasteiger partial charge in [-0.25, -0.2) is 14.2 Å². The Balaban J connectivity index is 1.92. The molecule has 0 amide bonds. The van der Waals surface area contributed by atoms with Crippen LogP contribution in [0.4, 0.5) is 0 Å². The van der Waals surface area contributed by atoms with Gasteiger partial charge in [0, 0.05) is 0 Å². The highest BCUT2D eigenvalue weighted by Gasteiger charge is 2.31. The van der Waals surface area contributed by atoms with Crippen LogP contribution < -0.4 is 14.4 Å². The first-order valence-electron chi connectivity index (χ1n) is 8.09. The van der Waals surface area contributed by atoms with E-state index in [0.717, 1.165) is 0 Å². The van der Waals surface area contributed by atoms with E-state index in [0.29, 0.717) is 5.30 Å². The Labute approximate surface area is 160 Å². The number of hydrogen-bond acceptors (Lipinski definition) is 5. The van der Waals surface area contributed by atoms with Crippen molar-refractivity contribution in [3.05, 3.63) is 90.0 Å². The van der Waals surface area contributed by atoms with Gasteiger partial charge in [0.05, 0.1) is 16.4 Å². The molecule has 3 rings (SSSR count). The van der Waals surface area contributed by atoms with Gasteiger partial charge in [0.2, 0.25) is 0 Å². The summed E-state index contributed by atoms with van der Waals surface area (Å²) < 4.78 is 24.8. The van der Waals surface area contributed by atoms with Crippen LogP contribution in [-0.4, -0.2) is 22.2 Å². The van der Waals surface area contributed by atoms with E-state index in [1.807, 2.05) is 0 Å². The standard InChI is InChI=1S/C20H15O7P/c21-19(22)14-6-10-16(11-7-14)26-28(25,18-4-2-1-3-5-18)27-17-12-8-15(9-13-17)20(23)24/h1-13H,(H,21,22)(H,23,24). The number of rotatable bonds is 7. The van der Waals surface area contributed by atoms with Gasteiger partial charge in [-0.2, -0.15) is 0 Å². The van der Waals surface area contributed by atoms with E-state index >= 15 is 0 Å². The van der Waals surface area contributed by atoms with E-state index in [-0.39, 0.29) is 22.6 Å². The smallest absolute Gasteiger partial charge is 0.462 e. The summed E-state index contributed by atoms with van der Waals surface area (Å²) in [6.45, 7) is 0. The number of hydrogen-bond donors (Lipinski definition) is 2. The van der Waals surface area contributed by atoms with Crippen LogP contribution in [0, 0.1) is 0 Å². The number of carboxylic acids is 2. The Morgan fingerprint density at radius 1 is 0.643 bits per heavy atom. The molecule has 0 unspecified atom stereocenters. The van der Waals surface area contributed by atoms with Crippen LogP contribution in [0.3, 0.4) is 0 Å². The molecule has 0 atom stereocenters.